The van der Waals surface area contributed by atoms with Gasteiger partial charge in [0.25, 0.3) is 0 Å². The van der Waals surface area contributed by atoms with Crippen molar-refractivity contribution < 1.29 is 18.0 Å². The second kappa shape index (κ2) is 3.77. The second-order valence-electron chi connectivity index (χ2n) is 3.17. The average molecular weight is 225 g/mol. The molecule has 0 fully saturated rings. The highest BCUT2D eigenvalue weighted by molar-refractivity contribution is 6.64. The standard InChI is InChI=1S/C9H8ClF3O/c1-5-2-3-6(8(10)14)7(4-5)9(11,12)13/h2-4,6-7H,1H3. The van der Waals surface area contributed by atoms with Gasteiger partial charge in [0.15, 0.2) is 0 Å². The molecule has 0 N–H and O–H groups in total. The molecule has 1 aliphatic carbocycles. The second-order valence-corrected chi connectivity index (χ2v) is 3.54. The minimum absolute atomic E-state index is 0.487. The average Bonchev–Trinajstić information content (AvgIpc) is 2.01. The molecule has 0 amide bonds. The Kier molecular flexibility index (Phi) is 3.04. The van der Waals surface area contributed by atoms with Crippen molar-refractivity contribution >= 4 is 16.8 Å². The Morgan fingerprint density at radius 3 is 2.50 bits per heavy atom. The molecule has 0 bridgehead atoms. The third kappa shape index (κ3) is 2.38. The van der Waals surface area contributed by atoms with Gasteiger partial charge in [0.1, 0.15) is 0 Å². The van der Waals surface area contributed by atoms with Crippen LogP contribution in [0.25, 0.3) is 0 Å². The lowest BCUT2D eigenvalue weighted by atomic mass is 9.86. The molecule has 5 heteroatoms. The van der Waals surface area contributed by atoms with Crippen LogP contribution >= 0.6 is 11.6 Å². The summed E-state index contributed by atoms with van der Waals surface area (Å²) < 4.78 is 37.3. The fourth-order valence-corrected chi connectivity index (χ4v) is 1.54. The molecular formula is C9H8ClF3O. The number of carbonyl (C=O) groups excluding carboxylic acids is 1. The highest BCUT2D eigenvalue weighted by Crippen LogP contribution is 2.38. The molecule has 14 heavy (non-hydrogen) atoms. The zero-order valence-corrected chi connectivity index (χ0v) is 8.06. The summed E-state index contributed by atoms with van der Waals surface area (Å²) in [5, 5.41) is -0.979. The van der Waals surface area contributed by atoms with Crippen molar-refractivity contribution in [2.24, 2.45) is 11.8 Å². The Morgan fingerprint density at radius 2 is 2.07 bits per heavy atom. The van der Waals surface area contributed by atoms with E-state index >= 15 is 0 Å². The van der Waals surface area contributed by atoms with Gasteiger partial charge in [-0.1, -0.05) is 23.8 Å². The zero-order valence-electron chi connectivity index (χ0n) is 7.31. The fraction of sp³-hybridized carbons (Fsp3) is 0.444. The van der Waals surface area contributed by atoms with E-state index in [1.165, 1.54) is 12.2 Å². The van der Waals surface area contributed by atoms with Gasteiger partial charge in [-0.2, -0.15) is 13.2 Å². The van der Waals surface area contributed by atoms with Gasteiger partial charge in [0.2, 0.25) is 5.24 Å². The van der Waals surface area contributed by atoms with Gasteiger partial charge in [-0.25, -0.2) is 0 Å². The van der Waals surface area contributed by atoms with Crippen LogP contribution in [0.1, 0.15) is 6.92 Å². The molecule has 0 radical (unpaired) electrons. The summed E-state index contributed by atoms with van der Waals surface area (Å²) >= 11 is 5.09. The summed E-state index contributed by atoms with van der Waals surface area (Å²) in [7, 11) is 0. The van der Waals surface area contributed by atoms with Gasteiger partial charge in [-0.15, -0.1) is 0 Å². The molecular weight excluding hydrogens is 217 g/mol. The molecule has 1 aliphatic rings. The SMILES string of the molecule is CC1=CC(C(F)(F)F)C(C(=O)Cl)C=C1. The molecule has 2 atom stereocenters. The number of halogens is 4. The van der Waals surface area contributed by atoms with Gasteiger partial charge in [0.05, 0.1) is 11.8 Å². The van der Waals surface area contributed by atoms with Crippen molar-refractivity contribution in [3.63, 3.8) is 0 Å². The van der Waals surface area contributed by atoms with Crippen molar-refractivity contribution in [2.75, 3.05) is 0 Å². The van der Waals surface area contributed by atoms with Gasteiger partial charge >= 0.3 is 6.18 Å². The van der Waals surface area contributed by atoms with Crippen molar-refractivity contribution in [1.29, 1.82) is 0 Å². The van der Waals surface area contributed by atoms with Crippen molar-refractivity contribution in [1.82, 2.24) is 0 Å². The third-order valence-corrected chi connectivity index (χ3v) is 2.29. The summed E-state index contributed by atoms with van der Waals surface area (Å²) in [6.07, 6.45) is -0.748. The number of allylic oxidation sites excluding steroid dienone is 4. The van der Waals surface area contributed by atoms with E-state index in [2.05, 4.69) is 0 Å². The van der Waals surface area contributed by atoms with Gasteiger partial charge in [0, 0.05) is 0 Å². The van der Waals surface area contributed by atoms with Crippen LogP contribution in [0.5, 0.6) is 0 Å². The van der Waals surface area contributed by atoms with Crippen LogP contribution in [0.15, 0.2) is 23.8 Å². The Bertz CT molecular complexity index is 304. The molecule has 78 valence electrons. The van der Waals surface area contributed by atoms with E-state index in [-0.39, 0.29) is 0 Å². The maximum absolute atomic E-state index is 12.4. The first-order valence-electron chi connectivity index (χ1n) is 3.95. The summed E-state index contributed by atoms with van der Waals surface area (Å²) in [4.78, 5) is 10.7. The molecule has 0 aromatic rings. The molecule has 0 spiro atoms. The molecule has 0 aromatic heterocycles. The summed E-state index contributed by atoms with van der Waals surface area (Å²) in [6.45, 7) is 1.55. The Morgan fingerprint density at radius 1 is 1.50 bits per heavy atom. The monoisotopic (exact) mass is 224 g/mol. The minimum atomic E-state index is -4.43. The Hall–Kier alpha value is -0.770. The maximum atomic E-state index is 12.4. The van der Waals surface area contributed by atoms with Crippen LogP contribution in [0.3, 0.4) is 0 Å². The van der Waals surface area contributed by atoms with E-state index in [1.54, 1.807) is 6.92 Å². The number of alkyl halides is 3. The summed E-state index contributed by atoms with van der Waals surface area (Å²) in [6, 6.07) is 0. The van der Waals surface area contributed by atoms with Gasteiger partial charge < -0.3 is 0 Å². The predicted octanol–water partition coefficient (Wildman–Crippen LogP) is 3.06. The van der Waals surface area contributed by atoms with Crippen molar-refractivity contribution in [3.8, 4) is 0 Å². The van der Waals surface area contributed by atoms with Crippen molar-refractivity contribution in [2.45, 2.75) is 13.1 Å². The molecule has 1 rings (SSSR count). The quantitative estimate of drug-likeness (QED) is 0.626. The minimum Gasteiger partial charge on any atom is -0.281 e. The van der Waals surface area contributed by atoms with Crippen LogP contribution in [0.2, 0.25) is 0 Å². The molecule has 1 nitrogen and oxygen atoms in total. The normalized spacial score (nSPS) is 27.4. The van der Waals surface area contributed by atoms with Gasteiger partial charge in [-0.3, -0.25) is 4.79 Å². The van der Waals surface area contributed by atoms with E-state index in [0.29, 0.717) is 5.57 Å². The van der Waals surface area contributed by atoms with E-state index in [4.69, 9.17) is 11.6 Å². The molecule has 2 unspecified atom stereocenters. The van der Waals surface area contributed by atoms with Crippen LogP contribution in [-0.4, -0.2) is 11.4 Å². The topological polar surface area (TPSA) is 17.1 Å². The fourth-order valence-electron chi connectivity index (χ4n) is 1.33. The predicted molar refractivity (Wildman–Crippen MR) is 46.8 cm³/mol. The highest BCUT2D eigenvalue weighted by atomic mass is 35.5. The first-order chi connectivity index (χ1) is 6.32. The first kappa shape index (κ1) is 11.3. The highest BCUT2D eigenvalue weighted by Gasteiger charge is 2.45. The van der Waals surface area contributed by atoms with Gasteiger partial charge in [-0.05, 0) is 18.5 Å². The maximum Gasteiger partial charge on any atom is 0.396 e. The van der Waals surface area contributed by atoms with E-state index in [0.717, 1.165) is 6.08 Å². The summed E-state index contributed by atoms with van der Waals surface area (Å²) in [5.74, 6) is -3.09. The number of carbonyl (C=O) groups is 1. The van der Waals surface area contributed by atoms with E-state index in [9.17, 15) is 18.0 Å². The first-order valence-corrected chi connectivity index (χ1v) is 4.33. The van der Waals surface area contributed by atoms with E-state index in [1.807, 2.05) is 0 Å². The molecule has 0 heterocycles. The lowest BCUT2D eigenvalue weighted by Gasteiger charge is -2.24. The lowest BCUT2D eigenvalue weighted by Crippen LogP contribution is -2.32. The Labute approximate surface area is 84.2 Å². The van der Waals surface area contributed by atoms with Crippen LogP contribution in [-0.2, 0) is 4.79 Å². The summed E-state index contributed by atoms with van der Waals surface area (Å²) in [5.41, 5.74) is 0.487. The number of hydrogen-bond donors (Lipinski definition) is 0. The zero-order chi connectivity index (χ0) is 10.9. The largest absolute Gasteiger partial charge is 0.396 e. The molecule has 0 aromatic carbocycles. The lowest BCUT2D eigenvalue weighted by molar-refractivity contribution is -0.172. The van der Waals surface area contributed by atoms with Crippen LogP contribution < -0.4 is 0 Å². The number of hydrogen-bond acceptors (Lipinski definition) is 1. The van der Waals surface area contributed by atoms with Crippen LogP contribution in [0.4, 0.5) is 13.2 Å². The number of rotatable bonds is 1. The Balaban J connectivity index is 2.99. The van der Waals surface area contributed by atoms with Crippen LogP contribution in [0, 0.1) is 11.8 Å². The molecule has 0 saturated carbocycles. The smallest absolute Gasteiger partial charge is 0.281 e. The van der Waals surface area contributed by atoms with Crippen molar-refractivity contribution in [3.05, 3.63) is 23.8 Å². The molecule has 0 aliphatic heterocycles. The van der Waals surface area contributed by atoms with E-state index < -0.39 is 23.3 Å². The third-order valence-electron chi connectivity index (χ3n) is 2.04. The molecule has 0 saturated heterocycles.